The molecule has 1 atom stereocenters. The Morgan fingerprint density at radius 1 is 1.62 bits per heavy atom. The Morgan fingerprint density at radius 3 is 2.81 bits per heavy atom. The van der Waals surface area contributed by atoms with Gasteiger partial charge in [0.2, 0.25) is 0 Å². The van der Waals surface area contributed by atoms with Crippen molar-refractivity contribution in [1.82, 2.24) is 14.9 Å². The molecule has 0 saturated heterocycles. The van der Waals surface area contributed by atoms with Gasteiger partial charge in [0, 0.05) is 6.54 Å². The normalized spacial score (nSPS) is 14.1. The van der Waals surface area contributed by atoms with Crippen molar-refractivity contribution < 1.29 is 19.8 Å². The summed E-state index contributed by atoms with van der Waals surface area (Å²) in [4.78, 5) is 22.1. The molecule has 8 heteroatoms. The van der Waals surface area contributed by atoms with Crippen molar-refractivity contribution in [1.29, 1.82) is 0 Å². The molecule has 0 aliphatic heterocycles. The highest BCUT2D eigenvalue weighted by Crippen LogP contribution is 2.08. The Balaban J connectivity index is 2.45. The van der Waals surface area contributed by atoms with Gasteiger partial charge in [-0.25, -0.2) is 0 Å². The van der Waals surface area contributed by atoms with Gasteiger partial charge in [0.15, 0.2) is 0 Å². The van der Waals surface area contributed by atoms with Gasteiger partial charge >= 0.3 is 5.97 Å². The van der Waals surface area contributed by atoms with Gasteiger partial charge in [0.25, 0.3) is 5.91 Å². The zero-order valence-electron chi connectivity index (χ0n) is 8.51. The van der Waals surface area contributed by atoms with Crippen LogP contribution in [0.5, 0.6) is 0 Å². The van der Waals surface area contributed by atoms with Crippen LogP contribution >= 0.6 is 11.5 Å². The Kier molecular flexibility index (Phi) is 3.91. The number of carboxylic acids is 1. The van der Waals surface area contributed by atoms with Crippen LogP contribution in [0, 0.1) is 0 Å². The number of aromatic nitrogens is 2. The van der Waals surface area contributed by atoms with E-state index in [1.165, 1.54) is 13.1 Å². The summed E-state index contributed by atoms with van der Waals surface area (Å²) in [5, 5.41) is 24.0. The van der Waals surface area contributed by atoms with Crippen LogP contribution in [-0.4, -0.2) is 43.8 Å². The van der Waals surface area contributed by atoms with E-state index in [9.17, 15) is 14.7 Å². The second-order valence-corrected chi connectivity index (χ2v) is 4.32. The summed E-state index contributed by atoms with van der Waals surface area (Å²) in [6.07, 6.45) is 0.861. The molecule has 0 aliphatic carbocycles. The van der Waals surface area contributed by atoms with Gasteiger partial charge in [-0.15, -0.1) is 5.10 Å². The van der Waals surface area contributed by atoms with Crippen molar-refractivity contribution in [3.63, 3.8) is 0 Å². The molecule has 0 aliphatic rings. The lowest BCUT2D eigenvalue weighted by Gasteiger charge is -2.20. The smallest absolute Gasteiger partial charge is 0.306 e. The lowest BCUT2D eigenvalue weighted by molar-refractivity contribution is -0.141. The van der Waals surface area contributed by atoms with Crippen molar-refractivity contribution in [2.45, 2.75) is 18.9 Å². The first-order valence-electron chi connectivity index (χ1n) is 4.40. The summed E-state index contributed by atoms with van der Waals surface area (Å²) in [5.41, 5.74) is -1.47. The maximum absolute atomic E-state index is 11.4. The van der Waals surface area contributed by atoms with E-state index in [0.29, 0.717) is 4.88 Å². The molecule has 0 spiro atoms. The lowest BCUT2D eigenvalue weighted by Crippen LogP contribution is -2.41. The van der Waals surface area contributed by atoms with Crippen LogP contribution in [-0.2, 0) is 4.79 Å². The molecule has 88 valence electrons. The standard InChI is InChI=1S/C8H11N3O4S/c1-8(15,2-6(12)13)4-9-7(14)5-3-10-11-16-5/h3,15H,2,4H2,1H3,(H,9,14)(H,12,13). The predicted octanol–water partition coefficient (Wildman–Crippen LogP) is -0.506. The maximum atomic E-state index is 11.4. The minimum atomic E-state index is -1.47. The molecule has 1 amide bonds. The number of amides is 1. The molecule has 3 N–H and O–H groups in total. The topological polar surface area (TPSA) is 112 Å². The van der Waals surface area contributed by atoms with E-state index >= 15 is 0 Å². The fraction of sp³-hybridized carbons (Fsp3) is 0.500. The molecule has 0 aromatic carbocycles. The van der Waals surface area contributed by atoms with Gasteiger partial charge in [-0.1, -0.05) is 4.49 Å². The number of nitrogens with one attached hydrogen (secondary N) is 1. The highest BCUT2D eigenvalue weighted by molar-refractivity contribution is 7.07. The number of carbonyl (C=O) groups is 2. The van der Waals surface area contributed by atoms with E-state index in [4.69, 9.17) is 5.11 Å². The zero-order valence-corrected chi connectivity index (χ0v) is 9.32. The van der Waals surface area contributed by atoms with E-state index < -0.39 is 23.9 Å². The molecule has 0 fully saturated rings. The second-order valence-electron chi connectivity index (χ2n) is 3.53. The van der Waals surface area contributed by atoms with Crippen LogP contribution < -0.4 is 5.32 Å². The molecule has 1 rings (SSSR count). The van der Waals surface area contributed by atoms with E-state index in [1.807, 2.05) is 0 Å². The molecule has 1 heterocycles. The first kappa shape index (κ1) is 12.5. The summed E-state index contributed by atoms with van der Waals surface area (Å²) in [6, 6.07) is 0. The number of rotatable bonds is 5. The van der Waals surface area contributed by atoms with Crippen LogP contribution in [0.25, 0.3) is 0 Å². The van der Waals surface area contributed by atoms with E-state index in [1.54, 1.807) is 0 Å². The van der Waals surface area contributed by atoms with Crippen LogP contribution in [0.4, 0.5) is 0 Å². The number of carboxylic acid groups (broad SMARTS) is 1. The Bertz CT molecular complexity index is 377. The molecule has 0 saturated carbocycles. The van der Waals surface area contributed by atoms with Gasteiger partial charge < -0.3 is 15.5 Å². The Labute approximate surface area is 95.3 Å². The molecular formula is C8H11N3O4S. The highest BCUT2D eigenvalue weighted by atomic mass is 32.1. The van der Waals surface area contributed by atoms with E-state index in [2.05, 4.69) is 14.9 Å². The van der Waals surface area contributed by atoms with Gasteiger partial charge in [0.1, 0.15) is 4.88 Å². The second kappa shape index (κ2) is 4.99. The third-order valence-corrected chi connectivity index (χ3v) is 2.41. The summed E-state index contributed by atoms with van der Waals surface area (Å²) < 4.78 is 3.51. The third kappa shape index (κ3) is 3.91. The Hall–Kier alpha value is -1.54. The minimum absolute atomic E-state index is 0.143. The number of carbonyl (C=O) groups excluding carboxylic acids is 1. The SMILES string of the molecule is CC(O)(CNC(=O)c1cnns1)CC(=O)O. The van der Waals surface area contributed by atoms with Crippen molar-refractivity contribution in [3.05, 3.63) is 11.1 Å². The predicted molar refractivity (Wildman–Crippen MR) is 55.1 cm³/mol. The zero-order chi connectivity index (χ0) is 12.2. The van der Waals surface area contributed by atoms with Gasteiger partial charge in [-0.3, -0.25) is 9.59 Å². The number of nitrogens with zero attached hydrogens (tertiary/aromatic N) is 2. The fourth-order valence-electron chi connectivity index (χ4n) is 1.01. The molecule has 7 nitrogen and oxygen atoms in total. The van der Waals surface area contributed by atoms with Crippen LogP contribution in [0.3, 0.4) is 0 Å². The molecule has 0 radical (unpaired) electrons. The van der Waals surface area contributed by atoms with Crippen LogP contribution in [0.2, 0.25) is 0 Å². The number of aliphatic hydroxyl groups is 1. The summed E-state index contributed by atoms with van der Waals surface area (Å²) >= 11 is 0.924. The fourth-order valence-corrected chi connectivity index (χ4v) is 1.44. The van der Waals surface area contributed by atoms with Crippen LogP contribution in [0.15, 0.2) is 6.20 Å². The quantitative estimate of drug-likeness (QED) is 0.644. The molecular weight excluding hydrogens is 234 g/mol. The summed E-state index contributed by atoms with van der Waals surface area (Å²) in [6.45, 7) is 1.20. The maximum Gasteiger partial charge on any atom is 0.306 e. The largest absolute Gasteiger partial charge is 0.481 e. The van der Waals surface area contributed by atoms with Crippen molar-refractivity contribution in [2.24, 2.45) is 0 Å². The highest BCUT2D eigenvalue weighted by Gasteiger charge is 2.25. The average molecular weight is 245 g/mol. The number of hydrogen-bond donors (Lipinski definition) is 3. The molecule has 0 bridgehead atoms. The monoisotopic (exact) mass is 245 g/mol. The minimum Gasteiger partial charge on any atom is -0.481 e. The Morgan fingerprint density at radius 2 is 2.31 bits per heavy atom. The average Bonchev–Trinajstić information content (AvgIpc) is 2.64. The number of aliphatic carboxylic acids is 1. The van der Waals surface area contributed by atoms with Crippen LogP contribution in [0.1, 0.15) is 23.0 Å². The van der Waals surface area contributed by atoms with Gasteiger partial charge in [0.05, 0.1) is 18.2 Å². The van der Waals surface area contributed by atoms with Gasteiger partial charge in [-0.2, -0.15) is 0 Å². The number of hydrogen-bond acceptors (Lipinski definition) is 6. The molecule has 16 heavy (non-hydrogen) atoms. The first-order chi connectivity index (χ1) is 7.41. The lowest BCUT2D eigenvalue weighted by atomic mass is 10.0. The molecule has 1 aromatic rings. The van der Waals surface area contributed by atoms with E-state index in [0.717, 1.165) is 11.5 Å². The van der Waals surface area contributed by atoms with Crippen molar-refractivity contribution in [3.8, 4) is 0 Å². The molecule has 1 unspecified atom stereocenters. The summed E-state index contributed by atoms with van der Waals surface area (Å²) in [5.74, 6) is -1.56. The first-order valence-corrected chi connectivity index (χ1v) is 5.18. The van der Waals surface area contributed by atoms with Crippen molar-refractivity contribution in [2.75, 3.05) is 6.54 Å². The van der Waals surface area contributed by atoms with Crippen molar-refractivity contribution >= 4 is 23.4 Å². The molecule has 1 aromatic heterocycles. The van der Waals surface area contributed by atoms with Gasteiger partial charge in [-0.05, 0) is 18.5 Å². The van der Waals surface area contributed by atoms with E-state index in [-0.39, 0.29) is 6.54 Å². The third-order valence-electron chi connectivity index (χ3n) is 1.75. The summed E-state index contributed by atoms with van der Waals surface area (Å²) in [7, 11) is 0.